The molecule has 2 aromatic rings. The Hall–Kier alpha value is -3.02. The van der Waals surface area contributed by atoms with Crippen molar-refractivity contribution in [2.45, 2.75) is 26.9 Å². The lowest BCUT2D eigenvalue weighted by Crippen LogP contribution is -2.36. The van der Waals surface area contributed by atoms with E-state index in [1.807, 2.05) is 13.8 Å². The van der Waals surface area contributed by atoms with Gasteiger partial charge in [-0.1, -0.05) is 6.07 Å². The van der Waals surface area contributed by atoms with Crippen LogP contribution in [0.25, 0.3) is 0 Å². The standard InChI is InChI=1S/C20H24N2O4/c1-14(2)26-18-10-8-16(9-11-18)21-20(24)13-22(15(3)23)17-6-5-7-19(12-17)25-4/h5-12,14H,13H2,1-4H3,(H,21,24). The molecule has 6 nitrogen and oxygen atoms in total. The molecule has 0 spiro atoms. The Balaban J connectivity index is 2.04. The van der Waals surface area contributed by atoms with Crippen LogP contribution in [0.5, 0.6) is 11.5 Å². The number of methoxy groups -OCH3 is 1. The lowest BCUT2D eigenvalue weighted by molar-refractivity contribution is -0.120. The number of nitrogens with zero attached hydrogens (tertiary/aromatic N) is 1. The van der Waals surface area contributed by atoms with Gasteiger partial charge in [-0.3, -0.25) is 9.59 Å². The van der Waals surface area contributed by atoms with Gasteiger partial charge in [-0.25, -0.2) is 0 Å². The number of hydrogen-bond acceptors (Lipinski definition) is 4. The van der Waals surface area contributed by atoms with Crippen LogP contribution in [0.1, 0.15) is 20.8 Å². The Morgan fingerprint density at radius 3 is 2.35 bits per heavy atom. The minimum atomic E-state index is -0.291. The van der Waals surface area contributed by atoms with Crippen LogP contribution in [0.4, 0.5) is 11.4 Å². The number of amides is 2. The summed E-state index contributed by atoms with van der Waals surface area (Å²) in [7, 11) is 1.55. The van der Waals surface area contributed by atoms with Crippen molar-refractivity contribution >= 4 is 23.2 Å². The lowest BCUT2D eigenvalue weighted by atomic mass is 10.2. The average Bonchev–Trinajstić information content (AvgIpc) is 2.60. The normalized spacial score (nSPS) is 10.3. The molecule has 0 aliphatic carbocycles. The van der Waals surface area contributed by atoms with E-state index in [9.17, 15) is 9.59 Å². The van der Waals surface area contributed by atoms with Gasteiger partial charge in [0.2, 0.25) is 11.8 Å². The number of ether oxygens (including phenoxy) is 2. The molecule has 2 amide bonds. The first-order valence-corrected chi connectivity index (χ1v) is 8.37. The number of carbonyl (C=O) groups is 2. The van der Waals surface area contributed by atoms with E-state index in [2.05, 4.69) is 5.32 Å². The highest BCUT2D eigenvalue weighted by molar-refractivity contribution is 6.01. The number of nitrogens with one attached hydrogen (secondary N) is 1. The second kappa shape index (κ2) is 8.89. The summed E-state index contributed by atoms with van der Waals surface area (Å²) in [6.07, 6.45) is 0.0856. The van der Waals surface area contributed by atoms with Gasteiger partial charge in [0, 0.05) is 24.4 Å². The van der Waals surface area contributed by atoms with Gasteiger partial charge in [0.25, 0.3) is 0 Å². The SMILES string of the molecule is COc1cccc(N(CC(=O)Nc2ccc(OC(C)C)cc2)C(C)=O)c1. The molecule has 0 saturated carbocycles. The van der Waals surface area contributed by atoms with E-state index in [4.69, 9.17) is 9.47 Å². The summed E-state index contributed by atoms with van der Waals surface area (Å²) in [5.41, 5.74) is 1.24. The smallest absolute Gasteiger partial charge is 0.244 e. The molecule has 0 radical (unpaired) electrons. The van der Waals surface area contributed by atoms with Crippen molar-refractivity contribution in [1.29, 1.82) is 0 Å². The molecule has 2 rings (SSSR count). The summed E-state index contributed by atoms with van der Waals surface area (Å²) in [4.78, 5) is 25.7. The molecule has 0 bridgehead atoms. The zero-order chi connectivity index (χ0) is 19.1. The highest BCUT2D eigenvalue weighted by Crippen LogP contribution is 2.21. The molecule has 0 saturated heterocycles. The van der Waals surface area contributed by atoms with Crippen molar-refractivity contribution < 1.29 is 19.1 Å². The summed E-state index contributed by atoms with van der Waals surface area (Å²) in [5, 5.41) is 2.79. The number of benzene rings is 2. The highest BCUT2D eigenvalue weighted by atomic mass is 16.5. The second-order valence-electron chi connectivity index (χ2n) is 6.05. The van der Waals surface area contributed by atoms with E-state index in [1.165, 1.54) is 11.8 Å². The van der Waals surface area contributed by atoms with E-state index in [-0.39, 0.29) is 24.5 Å². The zero-order valence-corrected chi connectivity index (χ0v) is 15.5. The van der Waals surface area contributed by atoms with E-state index < -0.39 is 0 Å². The summed E-state index contributed by atoms with van der Waals surface area (Å²) >= 11 is 0. The summed E-state index contributed by atoms with van der Waals surface area (Å²) in [6.45, 7) is 5.23. The Morgan fingerprint density at radius 1 is 1.08 bits per heavy atom. The van der Waals surface area contributed by atoms with Crippen LogP contribution in [0.3, 0.4) is 0 Å². The molecular weight excluding hydrogens is 332 g/mol. The molecular formula is C20H24N2O4. The summed E-state index contributed by atoms with van der Waals surface area (Å²) in [6, 6.07) is 14.1. The third-order valence-corrected chi connectivity index (χ3v) is 3.56. The lowest BCUT2D eigenvalue weighted by Gasteiger charge is -2.21. The minimum Gasteiger partial charge on any atom is -0.497 e. The largest absolute Gasteiger partial charge is 0.497 e. The van der Waals surface area contributed by atoms with Crippen LogP contribution in [0, 0.1) is 0 Å². The van der Waals surface area contributed by atoms with Crippen LogP contribution in [-0.4, -0.2) is 31.6 Å². The van der Waals surface area contributed by atoms with Gasteiger partial charge in [0.1, 0.15) is 18.0 Å². The Kier molecular flexibility index (Phi) is 6.60. The molecule has 0 aromatic heterocycles. The predicted octanol–water partition coefficient (Wildman–Crippen LogP) is 3.47. The van der Waals surface area contributed by atoms with Crippen LogP contribution in [-0.2, 0) is 9.59 Å². The van der Waals surface area contributed by atoms with Gasteiger partial charge in [-0.05, 0) is 50.2 Å². The summed E-state index contributed by atoms with van der Waals surface area (Å²) < 4.78 is 10.7. The van der Waals surface area contributed by atoms with E-state index in [0.717, 1.165) is 5.75 Å². The maximum absolute atomic E-state index is 12.4. The first kappa shape index (κ1) is 19.3. The van der Waals surface area contributed by atoms with Crippen molar-refractivity contribution in [2.75, 3.05) is 23.9 Å². The molecule has 0 aliphatic heterocycles. The van der Waals surface area contributed by atoms with Gasteiger partial charge in [-0.15, -0.1) is 0 Å². The van der Waals surface area contributed by atoms with Crippen molar-refractivity contribution in [3.8, 4) is 11.5 Å². The number of carbonyl (C=O) groups excluding carboxylic acids is 2. The van der Waals surface area contributed by atoms with Gasteiger partial charge in [-0.2, -0.15) is 0 Å². The summed E-state index contributed by atoms with van der Waals surface area (Å²) in [5.74, 6) is 0.837. The molecule has 0 fully saturated rings. The van der Waals surface area contributed by atoms with Crippen molar-refractivity contribution in [3.05, 3.63) is 48.5 Å². The fourth-order valence-electron chi connectivity index (χ4n) is 2.40. The zero-order valence-electron chi connectivity index (χ0n) is 15.5. The Bertz CT molecular complexity index is 757. The van der Waals surface area contributed by atoms with Crippen LogP contribution < -0.4 is 19.7 Å². The quantitative estimate of drug-likeness (QED) is 0.825. The van der Waals surface area contributed by atoms with Gasteiger partial charge in [0.15, 0.2) is 0 Å². The van der Waals surface area contributed by atoms with Gasteiger partial charge in [0.05, 0.1) is 13.2 Å². The van der Waals surface area contributed by atoms with E-state index in [0.29, 0.717) is 17.1 Å². The fourth-order valence-corrected chi connectivity index (χ4v) is 2.40. The van der Waals surface area contributed by atoms with Crippen molar-refractivity contribution in [2.24, 2.45) is 0 Å². The number of anilines is 2. The third-order valence-electron chi connectivity index (χ3n) is 3.56. The van der Waals surface area contributed by atoms with E-state index >= 15 is 0 Å². The highest BCUT2D eigenvalue weighted by Gasteiger charge is 2.16. The molecule has 0 unspecified atom stereocenters. The molecule has 0 heterocycles. The Morgan fingerprint density at radius 2 is 1.77 bits per heavy atom. The topological polar surface area (TPSA) is 67.9 Å². The minimum absolute atomic E-state index is 0.0856. The van der Waals surface area contributed by atoms with E-state index in [1.54, 1.807) is 55.6 Å². The molecule has 6 heteroatoms. The van der Waals surface area contributed by atoms with Gasteiger partial charge >= 0.3 is 0 Å². The first-order valence-electron chi connectivity index (χ1n) is 8.37. The molecule has 0 aliphatic rings. The molecule has 2 aromatic carbocycles. The maximum atomic E-state index is 12.4. The monoisotopic (exact) mass is 356 g/mol. The Labute approximate surface area is 153 Å². The van der Waals surface area contributed by atoms with Crippen LogP contribution in [0.15, 0.2) is 48.5 Å². The first-order chi connectivity index (χ1) is 12.4. The maximum Gasteiger partial charge on any atom is 0.244 e. The fraction of sp³-hybridized carbons (Fsp3) is 0.300. The third kappa shape index (κ3) is 5.51. The number of hydrogen-bond donors (Lipinski definition) is 1. The van der Waals surface area contributed by atoms with Gasteiger partial charge < -0.3 is 19.7 Å². The molecule has 1 N–H and O–H groups in total. The second-order valence-corrected chi connectivity index (χ2v) is 6.05. The molecule has 138 valence electrons. The van der Waals surface area contributed by atoms with Crippen molar-refractivity contribution in [1.82, 2.24) is 0 Å². The number of rotatable bonds is 7. The average molecular weight is 356 g/mol. The van der Waals surface area contributed by atoms with Crippen LogP contribution >= 0.6 is 0 Å². The molecule has 26 heavy (non-hydrogen) atoms. The predicted molar refractivity (Wildman–Crippen MR) is 102 cm³/mol. The van der Waals surface area contributed by atoms with Crippen LogP contribution in [0.2, 0.25) is 0 Å². The van der Waals surface area contributed by atoms with Crippen molar-refractivity contribution in [3.63, 3.8) is 0 Å². The molecule has 0 atom stereocenters.